The second-order valence-electron chi connectivity index (χ2n) is 11.9. The maximum Gasteiger partial charge on any atom is 0.305 e. The summed E-state index contributed by atoms with van der Waals surface area (Å²) in [6.07, 6.45) is 26.8. The fourth-order valence-corrected chi connectivity index (χ4v) is 7.17. The first-order valence-corrected chi connectivity index (χ1v) is 15.4. The van der Waals surface area contributed by atoms with Crippen LogP contribution in [0.4, 0.5) is 0 Å². The Morgan fingerprint density at radius 3 is 2.47 bits per heavy atom. The Morgan fingerprint density at radius 2 is 1.76 bits per heavy atom. The van der Waals surface area contributed by atoms with Gasteiger partial charge in [0.1, 0.15) is 0 Å². The SMILES string of the molecule is COC(=O)CCC=CC1=C[C@H]2C[C@@H](OC3CCCCO3)[C@@H](C=C[C@@H](OC3CCCCO3)C3CCCC3)[C@@H]2C1. The van der Waals surface area contributed by atoms with Crippen LogP contribution in [0.15, 0.2) is 36.0 Å². The van der Waals surface area contributed by atoms with Gasteiger partial charge in [0.05, 0.1) is 19.3 Å². The van der Waals surface area contributed by atoms with Crippen molar-refractivity contribution in [3.8, 4) is 0 Å². The van der Waals surface area contributed by atoms with Crippen LogP contribution in [0.25, 0.3) is 0 Å². The molecule has 3 aliphatic carbocycles. The number of carbonyl (C=O) groups excluding carboxylic acids is 1. The average Bonchev–Trinajstić information content (AvgIpc) is 3.68. The predicted octanol–water partition coefficient (Wildman–Crippen LogP) is 6.65. The molecule has 212 valence electrons. The zero-order valence-corrected chi connectivity index (χ0v) is 23.3. The molecule has 0 aromatic carbocycles. The van der Waals surface area contributed by atoms with Crippen LogP contribution >= 0.6 is 0 Å². The van der Waals surface area contributed by atoms with Crippen molar-refractivity contribution in [2.45, 2.75) is 115 Å². The molecular weight excluding hydrogens is 480 g/mol. The molecule has 0 spiro atoms. The highest BCUT2D eigenvalue weighted by Gasteiger charge is 2.45. The number of rotatable bonds is 11. The molecule has 5 rings (SSSR count). The van der Waals surface area contributed by atoms with E-state index in [4.69, 9.17) is 23.7 Å². The summed E-state index contributed by atoms with van der Waals surface area (Å²) in [5.74, 6) is 1.84. The van der Waals surface area contributed by atoms with Crippen molar-refractivity contribution in [2.75, 3.05) is 20.3 Å². The Balaban J connectivity index is 1.27. The molecule has 2 heterocycles. The average molecular weight is 529 g/mol. The quantitative estimate of drug-likeness (QED) is 0.221. The summed E-state index contributed by atoms with van der Waals surface area (Å²) in [5, 5.41) is 0. The lowest BCUT2D eigenvalue weighted by Gasteiger charge is -2.31. The van der Waals surface area contributed by atoms with E-state index in [1.165, 1.54) is 51.2 Å². The van der Waals surface area contributed by atoms with Crippen LogP contribution in [0.1, 0.15) is 89.9 Å². The number of hydrogen-bond donors (Lipinski definition) is 0. The standard InChI is InChI=1S/C32H48O6/c1-34-30(33)13-5-2-10-23-20-25-22-29(38-32-15-7-9-19-36-32)26(27(25)21-23)16-17-28(24-11-3-4-12-24)37-31-14-6-8-18-35-31/h2,10,16-17,20,24-29,31-32H,3-9,11-15,18-19,21-22H2,1H3/t25-,26-,27+,28+,29+,31?,32?/m0/s1. The van der Waals surface area contributed by atoms with Crippen LogP contribution < -0.4 is 0 Å². The Hall–Kier alpha value is -1.47. The summed E-state index contributed by atoms with van der Waals surface area (Å²) in [7, 11) is 1.45. The largest absolute Gasteiger partial charge is 0.469 e. The Morgan fingerprint density at radius 1 is 1.03 bits per heavy atom. The highest BCUT2D eigenvalue weighted by Crippen LogP contribution is 2.49. The van der Waals surface area contributed by atoms with Gasteiger partial charge in [0.15, 0.2) is 12.6 Å². The molecule has 0 aromatic heterocycles. The van der Waals surface area contributed by atoms with Crippen molar-refractivity contribution in [3.63, 3.8) is 0 Å². The van der Waals surface area contributed by atoms with Gasteiger partial charge in [-0.2, -0.15) is 0 Å². The van der Waals surface area contributed by atoms with Gasteiger partial charge in [-0.25, -0.2) is 0 Å². The van der Waals surface area contributed by atoms with Gasteiger partial charge in [0.25, 0.3) is 0 Å². The third kappa shape index (κ3) is 7.59. The van der Waals surface area contributed by atoms with Gasteiger partial charge in [0.2, 0.25) is 0 Å². The van der Waals surface area contributed by atoms with E-state index < -0.39 is 0 Å². The molecular formula is C32H48O6. The second kappa shape index (κ2) is 14.2. The molecule has 0 radical (unpaired) electrons. The minimum absolute atomic E-state index is 0.0621. The molecule has 2 saturated heterocycles. The van der Waals surface area contributed by atoms with E-state index >= 15 is 0 Å². The molecule has 2 unspecified atom stereocenters. The van der Waals surface area contributed by atoms with E-state index in [9.17, 15) is 4.79 Å². The second-order valence-corrected chi connectivity index (χ2v) is 11.9. The molecule has 7 atom stereocenters. The van der Waals surface area contributed by atoms with Gasteiger partial charge < -0.3 is 23.7 Å². The van der Waals surface area contributed by atoms with E-state index in [1.807, 2.05) is 0 Å². The van der Waals surface area contributed by atoms with Gasteiger partial charge in [0, 0.05) is 25.6 Å². The Kier molecular flexibility index (Phi) is 10.5. The monoisotopic (exact) mass is 528 g/mol. The Bertz CT molecular complexity index is 831. The van der Waals surface area contributed by atoms with Crippen LogP contribution in [0, 0.1) is 23.7 Å². The van der Waals surface area contributed by atoms with Gasteiger partial charge in [-0.3, -0.25) is 4.79 Å². The first kappa shape index (κ1) is 28.1. The third-order valence-electron chi connectivity index (χ3n) is 9.25. The van der Waals surface area contributed by atoms with E-state index in [2.05, 4.69) is 30.4 Å². The van der Waals surface area contributed by atoms with Crippen molar-refractivity contribution in [1.29, 1.82) is 0 Å². The zero-order chi connectivity index (χ0) is 26.2. The molecule has 6 nitrogen and oxygen atoms in total. The lowest BCUT2D eigenvalue weighted by atomic mass is 9.88. The predicted molar refractivity (Wildman–Crippen MR) is 146 cm³/mol. The summed E-state index contributed by atoms with van der Waals surface area (Å²) in [4.78, 5) is 11.4. The first-order valence-electron chi connectivity index (χ1n) is 15.4. The number of carbonyl (C=O) groups is 1. The summed E-state index contributed by atoms with van der Waals surface area (Å²) in [5.41, 5.74) is 1.38. The van der Waals surface area contributed by atoms with Crippen LogP contribution in [0.2, 0.25) is 0 Å². The van der Waals surface area contributed by atoms with Gasteiger partial charge in [-0.1, -0.05) is 48.8 Å². The van der Waals surface area contributed by atoms with Crippen LogP contribution in [0.3, 0.4) is 0 Å². The normalized spacial score (nSPS) is 35.1. The van der Waals surface area contributed by atoms with E-state index in [0.717, 1.165) is 58.2 Å². The lowest BCUT2D eigenvalue weighted by Crippen LogP contribution is -2.32. The molecule has 2 aliphatic heterocycles. The van der Waals surface area contributed by atoms with Crippen molar-refractivity contribution in [2.24, 2.45) is 23.7 Å². The summed E-state index contributed by atoms with van der Waals surface area (Å²) in [6.45, 7) is 1.63. The minimum atomic E-state index is -0.153. The molecule has 38 heavy (non-hydrogen) atoms. The first-order chi connectivity index (χ1) is 18.7. The number of methoxy groups -OCH3 is 1. The minimum Gasteiger partial charge on any atom is -0.469 e. The molecule has 6 heteroatoms. The fourth-order valence-electron chi connectivity index (χ4n) is 7.17. The van der Waals surface area contributed by atoms with E-state index in [0.29, 0.717) is 30.1 Å². The maximum atomic E-state index is 11.4. The van der Waals surface area contributed by atoms with Crippen molar-refractivity contribution < 1.29 is 28.5 Å². The van der Waals surface area contributed by atoms with Crippen molar-refractivity contribution in [3.05, 3.63) is 36.0 Å². The van der Waals surface area contributed by atoms with Crippen molar-refractivity contribution >= 4 is 5.97 Å². The van der Waals surface area contributed by atoms with Crippen molar-refractivity contribution in [1.82, 2.24) is 0 Å². The zero-order valence-electron chi connectivity index (χ0n) is 23.3. The molecule has 0 bridgehead atoms. The number of hydrogen-bond acceptors (Lipinski definition) is 6. The summed E-state index contributed by atoms with van der Waals surface area (Å²) >= 11 is 0. The smallest absolute Gasteiger partial charge is 0.305 e. The molecule has 2 saturated carbocycles. The fraction of sp³-hybridized carbons (Fsp3) is 0.781. The summed E-state index contributed by atoms with van der Waals surface area (Å²) in [6, 6.07) is 0. The highest BCUT2D eigenvalue weighted by atomic mass is 16.7. The van der Waals surface area contributed by atoms with E-state index in [1.54, 1.807) is 0 Å². The van der Waals surface area contributed by atoms with Crippen LogP contribution in [-0.4, -0.2) is 51.1 Å². The molecule has 4 fully saturated rings. The van der Waals surface area contributed by atoms with Gasteiger partial charge in [-0.15, -0.1) is 0 Å². The highest BCUT2D eigenvalue weighted by molar-refractivity contribution is 5.69. The van der Waals surface area contributed by atoms with Crippen LogP contribution in [-0.2, 0) is 28.5 Å². The van der Waals surface area contributed by atoms with Gasteiger partial charge >= 0.3 is 5.97 Å². The molecule has 0 N–H and O–H groups in total. The number of allylic oxidation sites excluding steroid dienone is 4. The number of ether oxygens (including phenoxy) is 5. The third-order valence-corrected chi connectivity index (χ3v) is 9.25. The lowest BCUT2D eigenvalue weighted by molar-refractivity contribution is -0.193. The van der Waals surface area contributed by atoms with Crippen LogP contribution in [0.5, 0.6) is 0 Å². The molecule has 0 aromatic rings. The summed E-state index contributed by atoms with van der Waals surface area (Å²) < 4.78 is 30.0. The number of esters is 1. The van der Waals surface area contributed by atoms with E-state index in [-0.39, 0.29) is 30.8 Å². The number of fused-ring (bicyclic) bond motifs is 1. The van der Waals surface area contributed by atoms with Gasteiger partial charge in [-0.05, 0) is 88.4 Å². The Labute approximate surface area is 229 Å². The maximum absolute atomic E-state index is 11.4. The molecule has 5 aliphatic rings. The topological polar surface area (TPSA) is 63.2 Å². The molecule has 0 amide bonds.